The highest BCUT2D eigenvalue weighted by Gasteiger charge is 2.16. The molecule has 1 unspecified atom stereocenters. The second-order valence-electron chi connectivity index (χ2n) is 5.07. The second-order valence-corrected chi connectivity index (χ2v) is 5.07. The quantitative estimate of drug-likeness (QED) is 0.650. The minimum atomic E-state index is 0.739. The van der Waals surface area contributed by atoms with E-state index in [0.717, 1.165) is 5.92 Å². The summed E-state index contributed by atoms with van der Waals surface area (Å²) in [4.78, 5) is 0. The van der Waals surface area contributed by atoms with Gasteiger partial charge < -0.3 is 0 Å². The molecule has 0 heteroatoms. The van der Waals surface area contributed by atoms with Crippen molar-refractivity contribution in [3.05, 3.63) is 59.7 Å². The van der Waals surface area contributed by atoms with Crippen molar-refractivity contribution < 1.29 is 0 Å². The third-order valence-electron chi connectivity index (χ3n) is 3.86. The Bertz CT molecular complexity index is 511. The average Bonchev–Trinajstić information content (AvgIpc) is 2.40. The van der Waals surface area contributed by atoms with E-state index in [0.29, 0.717) is 0 Å². The van der Waals surface area contributed by atoms with Crippen molar-refractivity contribution in [1.29, 1.82) is 0 Å². The Labute approximate surface area is 103 Å². The maximum atomic E-state index is 2.39. The second kappa shape index (κ2) is 4.37. The first-order valence-electron chi connectivity index (χ1n) is 6.53. The van der Waals surface area contributed by atoms with Crippen LogP contribution in [0.3, 0.4) is 0 Å². The molecule has 1 atom stereocenters. The van der Waals surface area contributed by atoms with Crippen LogP contribution in [0.25, 0.3) is 11.1 Å². The Balaban J connectivity index is 2.04. The lowest BCUT2D eigenvalue weighted by atomic mass is 9.82. The van der Waals surface area contributed by atoms with Crippen molar-refractivity contribution in [2.45, 2.75) is 32.1 Å². The SMILES string of the molecule is CC1CCCc2cc(-c3ccccc3)ccc21. The van der Waals surface area contributed by atoms with Gasteiger partial charge in [0.2, 0.25) is 0 Å². The minimum Gasteiger partial charge on any atom is -0.0622 e. The van der Waals surface area contributed by atoms with Crippen LogP contribution in [0.1, 0.15) is 36.8 Å². The van der Waals surface area contributed by atoms with Crippen molar-refractivity contribution in [3.63, 3.8) is 0 Å². The molecule has 0 heterocycles. The molecule has 1 aliphatic carbocycles. The molecule has 86 valence electrons. The molecule has 17 heavy (non-hydrogen) atoms. The molecule has 0 bridgehead atoms. The molecule has 2 aromatic rings. The van der Waals surface area contributed by atoms with Gasteiger partial charge >= 0.3 is 0 Å². The largest absolute Gasteiger partial charge is 0.0622 e. The highest BCUT2D eigenvalue weighted by atomic mass is 14.2. The van der Waals surface area contributed by atoms with Crippen LogP contribution in [-0.4, -0.2) is 0 Å². The van der Waals surface area contributed by atoms with Gasteiger partial charge in [0.25, 0.3) is 0 Å². The summed E-state index contributed by atoms with van der Waals surface area (Å²) < 4.78 is 0. The Kier molecular flexibility index (Phi) is 2.72. The molecule has 0 saturated carbocycles. The number of benzene rings is 2. The van der Waals surface area contributed by atoms with Crippen LogP contribution in [0.4, 0.5) is 0 Å². The van der Waals surface area contributed by atoms with Crippen LogP contribution in [-0.2, 0) is 6.42 Å². The van der Waals surface area contributed by atoms with E-state index in [1.807, 2.05) is 0 Å². The molecule has 1 aliphatic rings. The van der Waals surface area contributed by atoms with E-state index < -0.39 is 0 Å². The molecular weight excluding hydrogens is 204 g/mol. The van der Waals surface area contributed by atoms with E-state index in [4.69, 9.17) is 0 Å². The molecule has 0 radical (unpaired) electrons. The van der Waals surface area contributed by atoms with Crippen molar-refractivity contribution in [2.24, 2.45) is 0 Å². The Hall–Kier alpha value is -1.56. The number of hydrogen-bond acceptors (Lipinski definition) is 0. The number of aryl methyl sites for hydroxylation is 1. The van der Waals surface area contributed by atoms with Gasteiger partial charge in [-0.1, -0.05) is 55.5 Å². The molecule has 0 aromatic heterocycles. The van der Waals surface area contributed by atoms with Crippen LogP contribution >= 0.6 is 0 Å². The molecule has 0 amide bonds. The molecule has 0 nitrogen and oxygen atoms in total. The topological polar surface area (TPSA) is 0 Å². The van der Waals surface area contributed by atoms with Gasteiger partial charge in [0.15, 0.2) is 0 Å². The number of rotatable bonds is 1. The van der Waals surface area contributed by atoms with Gasteiger partial charge in [0.1, 0.15) is 0 Å². The average molecular weight is 222 g/mol. The fraction of sp³-hybridized carbons (Fsp3) is 0.294. The van der Waals surface area contributed by atoms with Crippen molar-refractivity contribution in [3.8, 4) is 11.1 Å². The van der Waals surface area contributed by atoms with Crippen LogP contribution in [0, 0.1) is 0 Å². The zero-order valence-corrected chi connectivity index (χ0v) is 10.3. The molecule has 3 rings (SSSR count). The van der Waals surface area contributed by atoms with Crippen LogP contribution in [0.15, 0.2) is 48.5 Å². The summed E-state index contributed by atoms with van der Waals surface area (Å²) >= 11 is 0. The molecular formula is C17H18. The predicted octanol–water partition coefficient (Wildman–Crippen LogP) is 4.79. The first kappa shape index (κ1) is 10.6. The van der Waals surface area contributed by atoms with E-state index in [1.54, 1.807) is 11.1 Å². The van der Waals surface area contributed by atoms with Crippen molar-refractivity contribution in [2.75, 3.05) is 0 Å². The smallest absolute Gasteiger partial charge is 0.0181 e. The standard InChI is InChI=1S/C17H18/c1-13-6-5-9-16-12-15(10-11-17(13)16)14-7-3-2-4-8-14/h2-4,7-8,10-13H,5-6,9H2,1H3. The summed E-state index contributed by atoms with van der Waals surface area (Å²) in [7, 11) is 0. The van der Waals surface area contributed by atoms with Crippen LogP contribution in [0.5, 0.6) is 0 Å². The minimum absolute atomic E-state index is 0.739. The normalized spacial score (nSPS) is 18.8. The van der Waals surface area contributed by atoms with E-state index in [9.17, 15) is 0 Å². The zero-order chi connectivity index (χ0) is 11.7. The summed E-state index contributed by atoms with van der Waals surface area (Å²) in [5.74, 6) is 0.739. The molecule has 0 saturated heterocycles. The van der Waals surface area contributed by atoms with Crippen LogP contribution < -0.4 is 0 Å². The third kappa shape index (κ3) is 2.00. The third-order valence-corrected chi connectivity index (χ3v) is 3.86. The summed E-state index contributed by atoms with van der Waals surface area (Å²) in [6.45, 7) is 2.35. The fourth-order valence-electron chi connectivity index (χ4n) is 2.87. The number of hydrogen-bond donors (Lipinski definition) is 0. The summed E-state index contributed by atoms with van der Waals surface area (Å²) in [5.41, 5.74) is 5.81. The highest BCUT2D eigenvalue weighted by molar-refractivity contribution is 5.65. The molecule has 0 N–H and O–H groups in total. The summed E-state index contributed by atoms with van der Waals surface area (Å²) in [6, 6.07) is 17.7. The maximum Gasteiger partial charge on any atom is -0.0181 e. The predicted molar refractivity (Wildman–Crippen MR) is 73.2 cm³/mol. The zero-order valence-electron chi connectivity index (χ0n) is 10.3. The van der Waals surface area contributed by atoms with Crippen molar-refractivity contribution >= 4 is 0 Å². The fourth-order valence-corrected chi connectivity index (χ4v) is 2.87. The van der Waals surface area contributed by atoms with Gasteiger partial charge in [-0.25, -0.2) is 0 Å². The van der Waals surface area contributed by atoms with Gasteiger partial charge in [0.05, 0.1) is 0 Å². The van der Waals surface area contributed by atoms with Crippen LogP contribution in [0.2, 0.25) is 0 Å². The Morgan fingerprint density at radius 3 is 2.59 bits per heavy atom. The van der Waals surface area contributed by atoms with Crippen molar-refractivity contribution in [1.82, 2.24) is 0 Å². The summed E-state index contributed by atoms with van der Waals surface area (Å²) in [5, 5.41) is 0. The highest BCUT2D eigenvalue weighted by Crippen LogP contribution is 2.33. The monoisotopic (exact) mass is 222 g/mol. The molecule has 0 spiro atoms. The first-order chi connectivity index (χ1) is 8.34. The van der Waals surface area contributed by atoms with E-state index in [1.165, 1.54) is 30.4 Å². The van der Waals surface area contributed by atoms with Gasteiger partial charge in [0, 0.05) is 0 Å². The first-order valence-corrected chi connectivity index (χ1v) is 6.53. The molecule has 2 aromatic carbocycles. The number of fused-ring (bicyclic) bond motifs is 1. The molecule has 0 fully saturated rings. The van der Waals surface area contributed by atoms with E-state index >= 15 is 0 Å². The lowest BCUT2D eigenvalue weighted by Crippen LogP contribution is -2.06. The van der Waals surface area contributed by atoms with E-state index in [2.05, 4.69) is 55.5 Å². The lowest BCUT2D eigenvalue weighted by molar-refractivity contribution is 0.590. The van der Waals surface area contributed by atoms with Gasteiger partial charge in [-0.15, -0.1) is 0 Å². The molecule has 0 aliphatic heterocycles. The van der Waals surface area contributed by atoms with Gasteiger partial charge in [-0.2, -0.15) is 0 Å². The lowest BCUT2D eigenvalue weighted by Gasteiger charge is -2.22. The summed E-state index contributed by atoms with van der Waals surface area (Å²) in [6.07, 6.45) is 3.93. The maximum absolute atomic E-state index is 2.39. The van der Waals surface area contributed by atoms with Gasteiger partial charge in [-0.3, -0.25) is 0 Å². The van der Waals surface area contributed by atoms with Gasteiger partial charge in [-0.05, 0) is 47.4 Å². The Morgan fingerprint density at radius 1 is 0.941 bits per heavy atom. The Morgan fingerprint density at radius 2 is 1.76 bits per heavy atom. The van der Waals surface area contributed by atoms with E-state index in [-0.39, 0.29) is 0 Å².